The van der Waals surface area contributed by atoms with Gasteiger partial charge in [0.25, 0.3) is 0 Å². The topological polar surface area (TPSA) is 66.8 Å². The van der Waals surface area contributed by atoms with Gasteiger partial charge in [-0.1, -0.05) is 0 Å². The minimum atomic E-state index is -0.822. The van der Waals surface area contributed by atoms with Gasteiger partial charge < -0.3 is 14.9 Å². The van der Waals surface area contributed by atoms with Crippen molar-refractivity contribution in [2.45, 2.75) is 50.9 Å². The van der Waals surface area contributed by atoms with Gasteiger partial charge in [-0.2, -0.15) is 0 Å². The van der Waals surface area contributed by atoms with Crippen molar-refractivity contribution in [3.05, 3.63) is 0 Å². The zero-order valence-corrected chi connectivity index (χ0v) is 8.27. The molecule has 0 aliphatic carbocycles. The Bertz CT molecular complexity index is 251. The number of ether oxygens (including phenoxy) is 1. The number of hydrogen-bond donors (Lipinski definition) is 2. The highest BCUT2D eigenvalue weighted by Crippen LogP contribution is 2.50. The van der Waals surface area contributed by atoms with Crippen molar-refractivity contribution in [1.82, 2.24) is 0 Å². The Morgan fingerprint density at radius 3 is 2.71 bits per heavy atom. The van der Waals surface area contributed by atoms with Crippen molar-refractivity contribution in [1.29, 1.82) is 0 Å². The van der Waals surface area contributed by atoms with E-state index in [0.29, 0.717) is 12.8 Å². The largest absolute Gasteiger partial charge is 0.481 e. The van der Waals surface area contributed by atoms with Crippen molar-refractivity contribution in [2.24, 2.45) is 5.41 Å². The third kappa shape index (κ3) is 1.33. The smallest absolute Gasteiger partial charge is 0.312 e. The maximum absolute atomic E-state index is 11.3. The molecule has 4 nitrogen and oxygen atoms in total. The summed E-state index contributed by atoms with van der Waals surface area (Å²) in [5.41, 5.74) is -0.822. The number of aliphatic carboxylic acids is 1. The van der Waals surface area contributed by atoms with Gasteiger partial charge >= 0.3 is 5.97 Å². The molecule has 14 heavy (non-hydrogen) atoms. The van der Waals surface area contributed by atoms with Crippen LogP contribution in [0.2, 0.25) is 0 Å². The molecule has 0 radical (unpaired) electrons. The Hall–Kier alpha value is -0.610. The maximum atomic E-state index is 11.3. The van der Waals surface area contributed by atoms with Crippen LogP contribution in [0.25, 0.3) is 0 Å². The normalized spacial score (nSPS) is 42.7. The first-order chi connectivity index (χ1) is 6.54. The molecule has 2 aliphatic heterocycles. The molecule has 80 valence electrons. The summed E-state index contributed by atoms with van der Waals surface area (Å²) in [7, 11) is 0. The van der Waals surface area contributed by atoms with Crippen LogP contribution in [0, 0.1) is 5.41 Å². The molecule has 0 spiro atoms. The van der Waals surface area contributed by atoms with Crippen LogP contribution in [-0.2, 0) is 9.53 Å². The number of rotatable bonds is 3. The molecule has 0 aromatic heterocycles. The van der Waals surface area contributed by atoms with E-state index in [1.807, 2.05) is 0 Å². The highest BCUT2D eigenvalue weighted by atomic mass is 16.5. The van der Waals surface area contributed by atoms with Gasteiger partial charge in [-0.15, -0.1) is 0 Å². The van der Waals surface area contributed by atoms with Crippen molar-refractivity contribution >= 4 is 5.97 Å². The average Bonchev–Trinajstić information content (AvgIpc) is 2.61. The summed E-state index contributed by atoms with van der Waals surface area (Å²) in [6.45, 7) is 1.64. The second-order valence-electron chi connectivity index (χ2n) is 4.54. The molecular weight excluding hydrogens is 184 g/mol. The molecule has 2 fully saturated rings. The number of aliphatic hydroxyl groups excluding tert-OH is 1. The van der Waals surface area contributed by atoms with E-state index >= 15 is 0 Å². The summed E-state index contributed by atoms with van der Waals surface area (Å²) in [4.78, 5) is 11.3. The number of hydrogen-bond acceptors (Lipinski definition) is 3. The Balaban J connectivity index is 2.20. The predicted molar refractivity (Wildman–Crippen MR) is 48.9 cm³/mol. The monoisotopic (exact) mass is 200 g/mol. The van der Waals surface area contributed by atoms with Crippen LogP contribution in [0.15, 0.2) is 0 Å². The number of carboxylic acid groups (broad SMARTS) is 1. The highest BCUT2D eigenvalue weighted by Gasteiger charge is 2.57. The van der Waals surface area contributed by atoms with Gasteiger partial charge in [-0.25, -0.2) is 0 Å². The lowest BCUT2D eigenvalue weighted by Gasteiger charge is -2.31. The van der Waals surface area contributed by atoms with E-state index in [1.54, 1.807) is 6.92 Å². The summed E-state index contributed by atoms with van der Waals surface area (Å²) in [5.74, 6) is -0.814. The molecule has 2 bridgehead atoms. The molecule has 0 amide bonds. The SMILES string of the molecule is CC(O)CC1(C(=O)O)CC2CCC1O2. The molecular formula is C10H16O4. The zero-order valence-electron chi connectivity index (χ0n) is 8.27. The van der Waals surface area contributed by atoms with E-state index in [4.69, 9.17) is 4.74 Å². The Morgan fingerprint density at radius 1 is 1.64 bits per heavy atom. The molecule has 4 unspecified atom stereocenters. The number of aliphatic hydroxyl groups is 1. The third-order valence-corrected chi connectivity index (χ3v) is 3.40. The fourth-order valence-electron chi connectivity index (χ4n) is 2.85. The summed E-state index contributed by atoms with van der Waals surface area (Å²) in [6, 6.07) is 0. The summed E-state index contributed by atoms with van der Waals surface area (Å²) in [5, 5.41) is 18.6. The van der Waals surface area contributed by atoms with Gasteiger partial charge in [0.05, 0.1) is 23.7 Å². The fraction of sp³-hybridized carbons (Fsp3) is 0.900. The number of fused-ring (bicyclic) bond motifs is 2. The lowest BCUT2D eigenvalue weighted by molar-refractivity contribution is -0.154. The van der Waals surface area contributed by atoms with Gasteiger partial charge in [0.2, 0.25) is 0 Å². The zero-order chi connectivity index (χ0) is 10.3. The molecule has 4 heteroatoms. The standard InChI is InChI=1S/C10H16O4/c1-6(11)4-10(9(12)13)5-7-2-3-8(10)14-7/h6-8,11H,2-5H2,1H3,(H,12,13). The van der Waals surface area contributed by atoms with E-state index in [0.717, 1.165) is 12.8 Å². The molecule has 0 aromatic rings. The average molecular weight is 200 g/mol. The van der Waals surface area contributed by atoms with Crippen molar-refractivity contribution in [3.8, 4) is 0 Å². The minimum Gasteiger partial charge on any atom is -0.481 e. The van der Waals surface area contributed by atoms with E-state index in [2.05, 4.69) is 0 Å². The first-order valence-electron chi connectivity index (χ1n) is 5.11. The van der Waals surface area contributed by atoms with Crippen LogP contribution in [0.5, 0.6) is 0 Å². The quantitative estimate of drug-likeness (QED) is 0.706. The van der Waals surface area contributed by atoms with Gasteiger partial charge in [0.15, 0.2) is 0 Å². The lowest BCUT2D eigenvalue weighted by atomic mass is 9.70. The van der Waals surface area contributed by atoms with E-state index in [1.165, 1.54) is 0 Å². The summed E-state index contributed by atoms with van der Waals surface area (Å²) < 4.78 is 5.56. The molecule has 2 heterocycles. The van der Waals surface area contributed by atoms with Gasteiger partial charge in [-0.05, 0) is 32.6 Å². The lowest BCUT2D eigenvalue weighted by Crippen LogP contribution is -2.42. The van der Waals surface area contributed by atoms with Crippen LogP contribution in [0.1, 0.15) is 32.6 Å². The van der Waals surface area contributed by atoms with E-state index in [9.17, 15) is 15.0 Å². The van der Waals surface area contributed by atoms with Gasteiger partial charge in [0.1, 0.15) is 0 Å². The second kappa shape index (κ2) is 3.21. The molecule has 4 atom stereocenters. The molecule has 2 saturated heterocycles. The molecule has 2 rings (SSSR count). The maximum Gasteiger partial charge on any atom is 0.312 e. The first kappa shape index (κ1) is 9.93. The number of carboxylic acids is 1. The van der Waals surface area contributed by atoms with Crippen molar-refractivity contribution in [2.75, 3.05) is 0 Å². The Kier molecular flexibility index (Phi) is 2.27. The van der Waals surface area contributed by atoms with E-state index < -0.39 is 17.5 Å². The predicted octanol–water partition coefficient (Wildman–Crippen LogP) is 0.780. The van der Waals surface area contributed by atoms with Crippen LogP contribution in [-0.4, -0.2) is 34.5 Å². The third-order valence-electron chi connectivity index (χ3n) is 3.40. The Labute approximate surface area is 82.9 Å². The van der Waals surface area contributed by atoms with E-state index in [-0.39, 0.29) is 12.2 Å². The van der Waals surface area contributed by atoms with Gasteiger partial charge in [0, 0.05) is 0 Å². The minimum absolute atomic E-state index is 0.106. The van der Waals surface area contributed by atoms with Gasteiger partial charge in [-0.3, -0.25) is 4.79 Å². The van der Waals surface area contributed by atoms with Crippen molar-refractivity contribution < 1.29 is 19.7 Å². The summed E-state index contributed by atoms with van der Waals surface area (Å²) in [6.07, 6.45) is 2.02. The summed E-state index contributed by atoms with van der Waals surface area (Å²) >= 11 is 0. The van der Waals surface area contributed by atoms with Crippen LogP contribution in [0.3, 0.4) is 0 Å². The van der Waals surface area contributed by atoms with Crippen molar-refractivity contribution in [3.63, 3.8) is 0 Å². The molecule has 2 N–H and O–H groups in total. The molecule has 2 aliphatic rings. The first-order valence-corrected chi connectivity index (χ1v) is 5.11. The van der Waals surface area contributed by atoms with Crippen LogP contribution in [0.4, 0.5) is 0 Å². The van der Waals surface area contributed by atoms with Crippen LogP contribution < -0.4 is 0 Å². The van der Waals surface area contributed by atoms with Crippen LogP contribution >= 0.6 is 0 Å². The second-order valence-corrected chi connectivity index (χ2v) is 4.54. The fourth-order valence-corrected chi connectivity index (χ4v) is 2.85. The Morgan fingerprint density at radius 2 is 2.36 bits per heavy atom. The number of carbonyl (C=O) groups is 1. The molecule has 0 aromatic carbocycles. The highest BCUT2D eigenvalue weighted by molar-refractivity contribution is 5.76. The molecule has 0 saturated carbocycles.